The highest BCUT2D eigenvalue weighted by atomic mass is 32.2. The smallest absolute Gasteiger partial charge is 0.337 e. The van der Waals surface area contributed by atoms with Crippen LogP contribution in [0.5, 0.6) is 0 Å². The molecule has 2 rings (SSSR count). The van der Waals surface area contributed by atoms with Crippen molar-refractivity contribution in [2.75, 3.05) is 11.8 Å². The van der Waals surface area contributed by atoms with Gasteiger partial charge in [0.05, 0.1) is 12.7 Å². The summed E-state index contributed by atoms with van der Waals surface area (Å²) in [6.45, 7) is 4.04. The predicted octanol–water partition coefficient (Wildman–Crippen LogP) is 3.54. The van der Waals surface area contributed by atoms with E-state index in [2.05, 4.69) is 9.46 Å². The van der Waals surface area contributed by atoms with Crippen molar-refractivity contribution in [3.05, 3.63) is 59.4 Å². The molecule has 0 aliphatic carbocycles. The van der Waals surface area contributed by atoms with E-state index in [0.717, 1.165) is 30.9 Å². The number of carbonyl (C=O) groups is 1. The van der Waals surface area contributed by atoms with Gasteiger partial charge in [-0.25, -0.2) is 17.6 Å². The second-order valence-electron chi connectivity index (χ2n) is 5.52. The number of halogens is 1. The molecule has 0 amide bonds. The van der Waals surface area contributed by atoms with Crippen molar-refractivity contribution in [2.24, 2.45) is 0 Å². The highest BCUT2D eigenvalue weighted by Gasteiger charge is 2.21. The number of ether oxygens (including phenoxy) is 1. The Bertz CT molecular complexity index is 845. The van der Waals surface area contributed by atoms with Crippen LogP contribution in [0.3, 0.4) is 0 Å². The average molecular weight is 351 g/mol. The second kappa shape index (κ2) is 7.00. The summed E-state index contributed by atoms with van der Waals surface area (Å²) in [5.41, 5.74) is 1.31. The number of rotatable bonds is 5. The second-order valence-corrected chi connectivity index (χ2v) is 7.17. The molecule has 0 aliphatic rings. The molecule has 2 aromatic rings. The van der Waals surface area contributed by atoms with Crippen molar-refractivity contribution < 1.29 is 22.3 Å². The maximum absolute atomic E-state index is 13.9. The van der Waals surface area contributed by atoms with E-state index in [-0.39, 0.29) is 5.56 Å². The SMILES string of the molecule is COC(=O)c1ccc(F)c(S(=O)(=O)Nc2ccc(C(C)C)cc2)c1. The van der Waals surface area contributed by atoms with E-state index in [0.29, 0.717) is 11.6 Å². The number of carbonyl (C=O) groups excluding carboxylic acids is 1. The molecule has 1 N–H and O–H groups in total. The van der Waals surface area contributed by atoms with Gasteiger partial charge >= 0.3 is 5.97 Å². The van der Waals surface area contributed by atoms with Gasteiger partial charge in [-0.1, -0.05) is 26.0 Å². The van der Waals surface area contributed by atoms with Crippen LogP contribution in [0.1, 0.15) is 35.7 Å². The lowest BCUT2D eigenvalue weighted by atomic mass is 10.0. The molecule has 0 spiro atoms. The molecule has 2 aromatic carbocycles. The zero-order valence-corrected chi connectivity index (χ0v) is 14.4. The number of methoxy groups -OCH3 is 1. The lowest BCUT2D eigenvalue weighted by molar-refractivity contribution is 0.0600. The van der Waals surface area contributed by atoms with E-state index in [1.54, 1.807) is 24.3 Å². The van der Waals surface area contributed by atoms with Gasteiger partial charge in [0.2, 0.25) is 0 Å². The fourth-order valence-electron chi connectivity index (χ4n) is 2.10. The predicted molar refractivity (Wildman–Crippen MR) is 89.1 cm³/mol. The number of esters is 1. The molecule has 7 heteroatoms. The first kappa shape index (κ1) is 17.9. The van der Waals surface area contributed by atoms with Crippen LogP contribution >= 0.6 is 0 Å². The van der Waals surface area contributed by atoms with Crippen LogP contribution in [0.15, 0.2) is 47.4 Å². The summed E-state index contributed by atoms with van der Waals surface area (Å²) in [5.74, 6) is -1.38. The molecule has 0 aliphatic heterocycles. The lowest BCUT2D eigenvalue weighted by Gasteiger charge is -2.11. The van der Waals surface area contributed by atoms with Gasteiger partial charge in [0.25, 0.3) is 10.0 Å². The highest BCUT2D eigenvalue weighted by molar-refractivity contribution is 7.92. The monoisotopic (exact) mass is 351 g/mol. The van der Waals surface area contributed by atoms with Gasteiger partial charge in [-0.15, -0.1) is 0 Å². The van der Waals surface area contributed by atoms with Crippen LogP contribution < -0.4 is 4.72 Å². The summed E-state index contributed by atoms with van der Waals surface area (Å²) in [5, 5.41) is 0. The van der Waals surface area contributed by atoms with Gasteiger partial charge in [-0.05, 0) is 41.8 Å². The summed E-state index contributed by atoms with van der Waals surface area (Å²) in [6.07, 6.45) is 0. The lowest BCUT2D eigenvalue weighted by Crippen LogP contribution is -2.16. The molecule has 24 heavy (non-hydrogen) atoms. The van der Waals surface area contributed by atoms with Crippen LogP contribution in [-0.4, -0.2) is 21.5 Å². The van der Waals surface area contributed by atoms with Crippen LogP contribution in [-0.2, 0) is 14.8 Å². The number of benzene rings is 2. The van der Waals surface area contributed by atoms with Gasteiger partial charge in [0, 0.05) is 5.69 Å². The molecular formula is C17H18FNO4S. The van der Waals surface area contributed by atoms with Crippen LogP contribution in [0.25, 0.3) is 0 Å². The van der Waals surface area contributed by atoms with Crippen molar-refractivity contribution >= 4 is 21.7 Å². The summed E-state index contributed by atoms with van der Waals surface area (Å²) in [6, 6.07) is 9.84. The molecule has 0 saturated heterocycles. The minimum atomic E-state index is -4.17. The Morgan fingerprint density at radius 2 is 1.75 bits per heavy atom. The first-order valence-electron chi connectivity index (χ1n) is 7.25. The van der Waals surface area contributed by atoms with Gasteiger partial charge in [-0.3, -0.25) is 4.72 Å². The van der Waals surface area contributed by atoms with E-state index in [9.17, 15) is 17.6 Å². The zero-order chi connectivity index (χ0) is 17.9. The third kappa shape index (κ3) is 3.91. The summed E-state index contributed by atoms with van der Waals surface area (Å²) in [4.78, 5) is 10.9. The van der Waals surface area contributed by atoms with Crippen molar-refractivity contribution in [2.45, 2.75) is 24.7 Å². The molecule has 0 fully saturated rings. The van der Waals surface area contributed by atoms with Crippen molar-refractivity contribution in [3.8, 4) is 0 Å². The molecule has 0 saturated carbocycles. The molecule has 0 atom stereocenters. The molecule has 5 nitrogen and oxygen atoms in total. The number of hydrogen-bond donors (Lipinski definition) is 1. The van der Waals surface area contributed by atoms with Crippen molar-refractivity contribution in [1.82, 2.24) is 0 Å². The van der Waals surface area contributed by atoms with Crippen molar-refractivity contribution in [3.63, 3.8) is 0 Å². The Hall–Kier alpha value is -2.41. The standard InChI is InChI=1S/C17H18FNO4S/c1-11(2)12-4-7-14(8-5-12)19-24(21,22)16-10-13(17(20)23-3)6-9-15(16)18/h4-11,19H,1-3H3. The third-order valence-corrected chi connectivity index (χ3v) is 4.87. The fourth-order valence-corrected chi connectivity index (χ4v) is 3.26. The van der Waals surface area contributed by atoms with E-state index in [1.165, 1.54) is 0 Å². The van der Waals surface area contributed by atoms with Crippen LogP contribution in [0, 0.1) is 5.82 Å². The zero-order valence-electron chi connectivity index (χ0n) is 13.5. The normalized spacial score (nSPS) is 11.4. The van der Waals surface area contributed by atoms with E-state index in [4.69, 9.17) is 0 Å². The molecule has 0 heterocycles. The Balaban J connectivity index is 2.34. The number of sulfonamides is 1. The third-order valence-electron chi connectivity index (χ3n) is 3.47. The fraction of sp³-hybridized carbons (Fsp3) is 0.235. The van der Waals surface area contributed by atoms with Gasteiger partial charge < -0.3 is 4.74 Å². The topological polar surface area (TPSA) is 72.5 Å². The maximum Gasteiger partial charge on any atom is 0.337 e. The summed E-state index contributed by atoms with van der Waals surface area (Å²) in [7, 11) is -3.01. The van der Waals surface area contributed by atoms with Crippen LogP contribution in [0.2, 0.25) is 0 Å². The van der Waals surface area contributed by atoms with E-state index >= 15 is 0 Å². The van der Waals surface area contributed by atoms with E-state index < -0.39 is 26.7 Å². The first-order chi connectivity index (χ1) is 11.2. The minimum Gasteiger partial charge on any atom is -0.465 e. The Kier molecular flexibility index (Phi) is 5.23. The van der Waals surface area contributed by atoms with Gasteiger partial charge in [0.15, 0.2) is 0 Å². The van der Waals surface area contributed by atoms with Crippen molar-refractivity contribution in [1.29, 1.82) is 0 Å². The molecule has 0 bridgehead atoms. The first-order valence-corrected chi connectivity index (χ1v) is 8.73. The van der Waals surface area contributed by atoms with E-state index in [1.807, 2.05) is 13.8 Å². The number of hydrogen-bond acceptors (Lipinski definition) is 4. The summed E-state index contributed by atoms with van der Waals surface area (Å²) >= 11 is 0. The quantitative estimate of drug-likeness (QED) is 0.837. The molecule has 0 radical (unpaired) electrons. The molecule has 0 aromatic heterocycles. The Labute approximate surface area is 140 Å². The summed E-state index contributed by atoms with van der Waals surface area (Å²) < 4.78 is 45.6. The highest BCUT2D eigenvalue weighted by Crippen LogP contribution is 2.22. The molecule has 128 valence electrons. The molecular weight excluding hydrogens is 333 g/mol. The number of nitrogens with one attached hydrogen (secondary N) is 1. The Morgan fingerprint density at radius 3 is 2.29 bits per heavy atom. The minimum absolute atomic E-state index is 0.0468. The Morgan fingerprint density at radius 1 is 1.12 bits per heavy atom. The maximum atomic E-state index is 13.9. The molecule has 0 unspecified atom stereocenters. The average Bonchev–Trinajstić information content (AvgIpc) is 2.54. The largest absolute Gasteiger partial charge is 0.465 e. The number of anilines is 1. The van der Waals surface area contributed by atoms with Gasteiger partial charge in [0.1, 0.15) is 10.7 Å². The van der Waals surface area contributed by atoms with Gasteiger partial charge in [-0.2, -0.15) is 0 Å². The van der Waals surface area contributed by atoms with Crippen LogP contribution in [0.4, 0.5) is 10.1 Å².